The zero-order valence-electron chi connectivity index (χ0n) is 22.5. The van der Waals surface area contributed by atoms with Crippen LogP contribution in [0.3, 0.4) is 0 Å². The first-order valence-corrected chi connectivity index (χ1v) is 14.8. The second-order valence-corrected chi connectivity index (χ2v) is 13.5. The van der Waals surface area contributed by atoms with Crippen LogP contribution in [-0.2, 0) is 37.2 Å². The highest BCUT2D eigenvalue weighted by Crippen LogP contribution is 2.71. The van der Waals surface area contributed by atoms with E-state index in [1.807, 2.05) is 13.0 Å². The fourth-order valence-electron chi connectivity index (χ4n) is 8.35. The van der Waals surface area contributed by atoms with Crippen LogP contribution in [0.4, 0.5) is 0 Å². The predicted octanol–water partition coefficient (Wildman–Crippen LogP) is 4.49. The zero-order valence-corrected chi connectivity index (χ0v) is 23.4. The van der Waals surface area contributed by atoms with Crippen molar-refractivity contribution in [3.8, 4) is 0 Å². The number of carbonyl (C=O) groups excluding carboxylic acids is 2. The number of phosphoric ester groups is 1. The largest absolute Gasteiger partial charge is 0.532 e. The first-order chi connectivity index (χ1) is 17.3. The van der Waals surface area contributed by atoms with Crippen molar-refractivity contribution in [2.24, 2.45) is 28.6 Å². The number of hydrogen-bond donors (Lipinski definition) is 1. The van der Waals surface area contributed by atoms with Crippen molar-refractivity contribution in [2.75, 3.05) is 13.2 Å². The molecule has 0 amide bonds. The quantitative estimate of drug-likeness (QED) is 0.488. The van der Waals surface area contributed by atoms with Gasteiger partial charge in [-0.05, 0) is 77.4 Å². The number of carbonyl (C=O) groups is 2. The zero-order chi connectivity index (χ0) is 27.0. The van der Waals surface area contributed by atoms with E-state index in [2.05, 4.69) is 6.92 Å². The molecule has 0 bridgehead atoms. The highest BCUT2D eigenvalue weighted by molar-refractivity contribution is 7.49. The van der Waals surface area contributed by atoms with Gasteiger partial charge in [-0.1, -0.05) is 25.5 Å². The Hall–Kier alpha value is -1.35. The van der Waals surface area contributed by atoms with E-state index >= 15 is 0 Å². The maximum Gasteiger partial charge on any atom is 0.532 e. The Balaban J connectivity index is 1.55. The molecule has 1 saturated heterocycles. The molecule has 0 aromatic rings. The molecule has 4 fully saturated rings. The molecule has 0 radical (unpaired) electrons. The number of phosphoric acid groups is 1. The van der Waals surface area contributed by atoms with E-state index in [9.17, 15) is 19.3 Å². The number of aliphatic hydroxyl groups is 1. The molecule has 5 aliphatic rings. The molecule has 0 spiro atoms. The van der Waals surface area contributed by atoms with Crippen LogP contribution in [0.15, 0.2) is 23.8 Å². The number of hydrogen-bond acceptors (Lipinski definition) is 9. The van der Waals surface area contributed by atoms with Crippen molar-refractivity contribution in [3.63, 3.8) is 0 Å². The third-order valence-electron chi connectivity index (χ3n) is 9.56. The first kappa shape index (κ1) is 27.2. The minimum absolute atomic E-state index is 0.0183. The van der Waals surface area contributed by atoms with Crippen molar-refractivity contribution in [1.82, 2.24) is 0 Å². The van der Waals surface area contributed by atoms with Gasteiger partial charge in [0.2, 0.25) is 5.60 Å². The van der Waals surface area contributed by atoms with E-state index in [-0.39, 0.29) is 43.2 Å². The van der Waals surface area contributed by atoms with Crippen LogP contribution in [-0.4, -0.2) is 53.7 Å². The summed E-state index contributed by atoms with van der Waals surface area (Å²) in [5.41, 5.74) is -1.84. The Morgan fingerprint density at radius 3 is 2.51 bits per heavy atom. The van der Waals surface area contributed by atoms with E-state index in [1.165, 1.54) is 0 Å². The number of ether oxygens (including phenoxy) is 2. The molecular weight excluding hydrogens is 499 g/mol. The Morgan fingerprint density at radius 2 is 1.86 bits per heavy atom. The standard InChI is InChI=1S/C27H39O9P/c1-7-32-37(31,33-8-2)35-23(30)27-21(34-24(3,4)36-27)14-19-18-10-9-16-13-17(28)11-12-25(16,5)22(18)20(29)15-26(19,27)6/h11-13,18-22,29H,7-10,14-15H2,1-6H3/t18?,19?,20-,21+,22?,25?,26?,27-/m0/s1. The monoisotopic (exact) mass is 538 g/mol. The van der Waals surface area contributed by atoms with E-state index in [4.69, 9.17) is 23.0 Å². The molecule has 3 saturated carbocycles. The molecule has 9 nitrogen and oxygen atoms in total. The summed E-state index contributed by atoms with van der Waals surface area (Å²) in [7, 11) is -4.18. The summed E-state index contributed by atoms with van der Waals surface area (Å²) < 4.78 is 42.0. The molecule has 1 aliphatic heterocycles. The fourth-order valence-corrected chi connectivity index (χ4v) is 9.50. The lowest BCUT2D eigenvalue weighted by Gasteiger charge is -2.59. The maximum absolute atomic E-state index is 14.1. The van der Waals surface area contributed by atoms with Gasteiger partial charge < -0.3 is 19.1 Å². The van der Waals surface area contributed by atoms with Crippen molar-refractivity contribution >= 4 is 19.6 Å². The summed E-state index contributed by atoms with van der Waals surface area (Å²) in [5, 5.41) is 11.7. The Morgan fingerprint density at radius 1 is 1.19 bits per heavy atom. The molecule has 8 atom stereocenters. The lowest BCUT2D eigenvalue weighted by molar-refractivity contribution is -0.232. The van der Waals surface area contributed by atoms with Crippen LogP contribution in [0.25, 0.3) is 0 Å². The molecule has 1 heterocycles. The molecule has 5 unspecified atom stereocenters. The van der Waals surface area contributed by atoms with E-state index in [0.29, 0.717) is 6.42 Å². The third kappa shape index (κ3) is 3.87. The summed E-state index contributed by atoms with van der Waals surface area (Å²) in [6, 6.07) is 0. The van der Waals surface area contributed by atoms with Crippen LogP contribution in [0.2, 0.25) is 0 Å². The van der Waals surface area contributed by atoms with Crippen LogP contribution < -0.4 is 0 Å². The van der Waals surface area contributed by atoms with Gasteiger partial charge in [-0.3, -0.25) is 13.8 Å². The third-order valence-corrected chi connectivity index (χ3v) is 11.1. The summed E-state index contributed by atoms with van der Waals surface area (Å²) in [4.78, 5) is 26.2. The summed E-state index contributed by atoms with van der Waals surface area (Å²) >= 11 is 0. The van der Waals surface area contributed by atoms with Crippen molar-refractivity contribution in [1.29, 1.82) is 0 Å². The number of allylic oxidation sites excluding steroid dienone is 4. The lowest BCUT2D eigenvalue weighted by atomic mass is 9.46. The lowest BCUT2D eigenvalue weighted by Crippen LogP contribution is -2.63. The highest BCUT2D eigenvalue weighted by atomic mass is 31.2. The van der Waals surface area contributed by atoms with Gasteiger partial charge in [0.15, 0.2) is 11.6 Å². The number of fused-ring (bicyclic) bond motifs is 7. The number of ketones is 1. The Bertz CT molecular complexity index is 1090. The van der Waals surface area contributed by atoms with E-state index in [0.717, 1.165) is 18.4 Å². The molecule has 4 aliphatic carbocycles. The summed E-state index contributed by atoms with van der Waals surface area (Å²) in [6.45, 7) is 10.9. The second-order valence-electron chi connectivity index (χ2n) is 12.0. The van der Waals surface area contributed by atoms with E-state index in [1.54, 1.807) is 39.8 Å². The van der Waals surface area contributed by atoms with Gasteiger partial charge in [0.25, 0.3) is 0 Å². The molecule has 5 rings (SSSR count). The van der Waals surface area contributed by atoms with Gasteiger partial charge in [0.05, 0.1) is 19.3 Å². The topological polar surface area (TPSA) is 118 Å². The average Bonchev–Trinajstić information content (AvgIpc) is 3.20. The van der Waals surface area contributed by atoms with Gasteiger partial charge in [0.1, 0.15) is 6.10 Å². The van der Waals surface area contributed by atoms with Gasteiger partial charge in [-0.2, -0.15) is 0 Å². The van der Waals surface area contributed by atoms with Crippen LogP contribution >= 0.6 is 7.82 Å². The Labute approximate surface area is 218 Å². The molecule has 0 aromatic heterocycles. The molecule has 10 heteroatoms. The minimum Gasteiger partial charge on any atom is -0.393 e. The summed E-state index contributed by atoms with van der Waals surface area (Å²) in [5.74, 6) is -2.03. The Kier molecular flexibility index (Phi) is 6.50. The SMILES string of the molecule is CCOP(=O)(OCC)OC(=O)[C@@]12OC(C)(C)O[C@@H]1CC1C3CCC4=CC(=O)C=CC4(C)C3[C@@H](O)CC12C. The number of rotatable bonds is 6. The average molecular weight is 539 g/mol. The first-order valence-electron chi connectivity index (χ1n) is 13.4. The van der Waals surface area contributed by atoms with Crippen LogP contribution in [0.1, 0.15) is 67.2 Å². The molecule has 206 valence electrons. The molecule has 1 N–H and O–H groups in total. The van der Waals surface area contributed by atoms with Crippen molar-refractivity contribution in [2.45, 2.75) is 90.8 Å². The molecule has 37 heavy (non-hydrogen) atoms. The normalized spacial score (nSPS) is 43.9. The van der Waals surface area contributed by atoms with Crippen molar-refractivity contribution in [3.05, 3.63) is 23.8 Å². The fraction of sp³-hybridized carbons (Fsp3) is 0.778. The van der Waals surface area contributed by atoms with Gasteiger partial charge in [0, 0.05) is 16.7 Å². The predicted molar refractivity (Wildman–Crippen MR) is 133 cm³/mol. The van der Waals surface area contributed by atoms with Crippen molar-refractivity contribution < 1.29 is 42.3 Å². The smallest absolute Gasteiger partial charge is 0.393 e. The van der Waals surface area contributed by atoms with Gasteiger partial charge in [-0.15, -0.1) is 0 Å². The van der Waals surface area contributed by atoms with Gasteiger partial charge >= 0.3 is 13.8 Å². The minimum atomic E-state index is -4.18. The molecule has 0 aromatic carbocycles. The second kappa shape index (κ2) is 8.83. The van der Waals surface area contributed by atoms with Crippen LogP contribution in [0, 0.1) is 28.6 Å². The highest BCUT2D eigenvalue weighted by Gasteiger charge is 2.78. The van der Waals surface area contributed by atoms with Gasteiger partial charge in [-0.25, -0.2) is 9.36 Å². The summed E-state index contributed by atoms with van der Waals surface area (Å²) in [6.07, 6.45) is 6.17. The van der Waals surface area contributed by atoms with Crippen LogP contribution in [0.5, 0.6) is 0 Å². The van der Waals surface area contributed by atoms with E-state index < -0.39 is 48.2 Å². The maximum atomic E-state index is 14.1. The number of aliphatic hydroxyl groups excluding tert-OH is 1. The molecular formula is C27H39O9P.